The maximum Gasteiger partial charge on any atom is 0.167 e. The van der Waals surface area contributed by atoms with Crippen LogP contribution in [-0.4, -0.2) is 30.9 Å². The lowest BCUT2D eigenvalue weighted by molar-refractivity contribution is 0.0811. The van der Waals surface area contributed by atoms with Crippen molar-refractivity contribution in [2.24, 2.45) is 5.92 Å². The molecule has 3 heteroatoms. The van der Waals surface area contributed by atoms with Crippen molar-refractivity contribution < 1.29 is 9.53 Å². The van der Waals surface area contributed by atoms with Crippen LogP contribution >= 0.6 is 0 Å². The van der Waals surface area contributed by atoms with E-state index >= 15 is 0 Å². The van der Waals surface area contributed by atoms with Gasteiger partial charge in [0.1, 0.15) is 5.75 Å². The molecular formula is C20H23NO2. The zero-order valence-corrected chi connectivity index (χ0v) is 13.6. The lowest BCUT2D eigenvalue weighted by Crippen LogP contribution is -2.38. The molecule has 23 heavy (non-hydrogen) atoms. The lowest BCUT2D eigenvalue weighted by atomic mass is 9.90. The summed E-state index contributed by atoms with van der Waals surface area (Å²) in [6, 6.07) is 17.9. The fraction of sp³-hybridized carbons (Fsp3) is 0.350. The van der Waals surface area contributed by atoms with Gasteiger partial charge in [-0.05, 0) is 49.2 Å². The van der Waals surface area contributed by atoms with Gasteiger partial charge in [0.05, 0.1) is 7.11 Å². The summed E-state index contributed by atoms with van der Waals surface area (Å²) < 4.78 is 5.16. The van der Waals surface area contributed by atoms with Gasteiger partial charge in [0.2, 0.25) is 0 Å². The van der Waals surface area contributed by atoms with E-state index in [1.807, 2.05) is 30.3 Å². The Balaban J connectivity index is 1.64. The van der Waals surface area contributed by atoms with E-state index in [1.54, 1.807) is 7.11 Å². The molecule has 1 fully saturated rings. The molecule has 3 rings (SSSR count). The molecular weight excluding hydrogens is 286 g/mol. The fourth-order valence-electron chi connectivity index (χ4n) is 3.25. The number of methoxy groups -OCH3 is 1. The van der Waals surface area contributed by atoms with Crippen LogP contribution in [0.4, 0.5) is 0 Å². The highest BCUT2D eigenvalue weighted by molar-refractivity contribution is 5.98. The summed E-state index contributed by atoms with van der Waals surface area (Å²) in [6.07, 6.45) is 2.07. The Morgan fingerprint density at radius 3 is 2.57 bits per heavy atom. The van der Waals surface area contributed by atoms with Gasteiger partial charge in [0.25, 0.3) is 0 Å². The third-order valence-corrected chi connectivity index (χ3v) is 4.50. The maximum absolute atomic E-state index is 12.7. The standard InChI is InChI=1S/C20H23NO2/c1-23-19-11-9-17(10-12-19)20(22)18-8-5-13-21(15-18)14-16-6-3-2-4-7-16/h2-4,6-7,9-12,18H,5,8,13-15H2,1H3. The molecule has 1 unspecified atom stereocenters. The van der Waals surface area contributed by atoms with Crippen LogP contribution in [0, 0.1) is 5.92 Å². The van der Waals surface area contributed by atoms with Gasteiger partial charge in [-0.1, -0.05) is 30.3 Å². The predicted molar refractivity (Wildman–Crippen MR) is 91.8 cm³/mol. The summed E-state index contributed by atoms with van der Waals surface area (Å²) in [5, 5.41) is 0. The van der Waals surface area contributed by atoms with E-state index in [0.29, 0.717) is 0 Å². The van der Waals surface area contributed by atoms with Gasteiger partial charge >= 0.3 is 0 Å². The van der Waals surface area contributed by atoms with Crippen LogP contribution in [-0.2, 0) is 6.54 Å². The maximum atomic E-state index is 12.7. The van der Waals surface area contributed by atoms with Crippen molar-refractivity contribution in [2.75, 3.05) is 20.2 Å². The molecule has 1 aliphatic rings. The number of benzene rings is 2. The number of hydrogen-bond donors (Lipinski definition) is 0. The van der Waals surface area contributed by atoms with Crippen molar-refractivity contribution in [2.45, 2.75) is 19.4 Å². The minimum Gasteiger partial charge on any atom is -0.497 e. The number of piperidine rings is 1. The first-order chi connectivity index (χ1) is 11.3. The Kier molecular flexibility index (Phi) is 5.09. The van der Waals surface area contributed by atoms with Crippen LogP contribution in [0.15, 0.2) is 54.6 Å². The van der Waals surface area contributed by atoms with Crippen molar-refractivity contribution >= 4 is 5.78 Å². The molecule has 0 N–H and O–H groups in total. The van der Waals surface area contributed by atoms with E-state index in [2.05, 4.69) is 29.2 Å². The molecule has 0 radical (unpaired) electrons. The molecule has 0 bridgehead atoms. The van der Waals surface area contributed by atoms with Gasteiger partial charge < -0.3 is 4.74 Å². The first-order valence-corrected chi connectivity index (χ1v) is 8.21. The summed E-state index contributed by atoms with van der Waals surface area (Å²) in [5.74, 6) is 1.14. The quantitative estimate of drug-likeness (QED) is 0.787. The van der Waals surface area contributed by atoms with Crippen LogP contribution in [0.2, 0.25) is 0 Å². The fourth-order valence-corrected chi connectivity index (χ4v) is 3.25. The van der Waals surface area contributed by atoms with E-state index in [0.717, 1.165) is 43.8 Å². The number of carbonyl (C=O) groups is 1. The predicted octanol–water partition coefficient (Wildman–Crippen LogP) is 3.79. The molecule has 1 saturated heterocycles. The van der Waals surface area contributed by atoms with E-state index < -0.39 is 0 Å². The first kappa shape index (κ1) is 15.8. The largest absolute Gasteiger partial charge is 0.497 e. The molecule has 0 saturated carbocycles. The number of hydrogen-bond acceptors (Lipinski definition) is 3. The number of nitrogens with zero attached hydrogens (tertiary/aromatic N) is 1. The lowest BCUT2D eigenvalue weighted by Gasteiger charge is -2.32. The van der Waals surface area contributed by atoms with E-state index in [1.165, 1.54) is 5.56 Å². The molecule has 1 aliphatic heterocycles. The number of Topliss-reactive ketones (excluding diaryl/α,β-unsaturated/α-hetero) is 1. The Hall–Kier alpha value is -2.13. The second-order valence-electron chi connectivity index (χ2n) is 6.15. The highest BCUT2D eigenvalue weighted by atomic mass is 16.5. The van der Waals surface area contributed by atoms with Crippen molar-refractivity contribution in [1.82, 2.24) is 4.90 Å². The molecule has 1 heterocycles. The molecule has 2 aromatic carbocycles. The van der Waals surface area contributed by atoms with Gasteiger partial charge in [-0.15, -0.1) is 0 Å². The minimum atomic E-state index is 0.0980. The van der Waals surface area contributed by atoms with E-state index in [4.69, 9.17) is 4.74 Å². The molecule has 0 aromatic heterocycles. The van der Waals surface area contributed by atoms with Crippen LogP contribution in [0.25, 0.3) is 0 Å². The van der Waals surface area contributed by atoms with Gasteiger partial charge in [-0.25, -0.2) is 0 Å². The molecule has 2 aromatic rings. The van der Waals surface area contributed by atoms with Gasteiger partial charge in [0, 0.05) is 24.6 Å². The van der Waals surface area contributed by atoms with E-state index in [9.17, 15) is 4.79 Å². The third-order valence-electron chi connectivity index (χ3n) is 4.50. The molecule has 0 aliphatic carbocycles. The number of rotatable bonds is 5. The number of ketones is 1. The monoisotopic (exact) mass is 309 g/mol. The Morgan fingerprint density at radius 2 is 1.87 bits per heavy atom. The topological polar surface area (TPSA) is 29.5 Å². The van der Waals surface area contributed by atoms with Crippen molar-refractivity contribution in [3.05, 3.63) is 65.7 Å². The Labute approximate surface area is 137 Å². The van der Waals surface area contributed by atoms with Crippen LogP contribution in [0.1, 0.15) is 28.8 Å². The first-order valence-electron chi connectivity index (χ1n) is 8.21. The van der Waals surface area contributed by atoms with Crippen LogP contribution < -0.4 is 4.74 Å². The summed E-state index contributed by atoms with van der Waals surface area (Å²) in [6.45, 7) is 2.84. The SMILES string of the molecule is COc1ccc(C(=O)C2CCCN(Cc3ccccc3)C2)cc1. The number of ether oxygens (including phenoxy) is 1. The van der Waals surface area contributed by atoms with Crippen molar-refractivity contribution in [1.29, 1.82) is 0 Å². The van der Waals surface area contributed by atoms with Gasteiger partial charge in [-0.2, -0.15) is 0 Å². The molecule has 0 spiro atoms. The Bertz CT molecular complexity index is 636. The second kappa shape index (κ2) is 7.42. The van der Waals surface area contributed by atoms with E-state index in [-0.39, 0.29) is 11.7 Å². The highest BCUT2D eigenvalue weighted by Gasteiger charge is 2.26. The minimum absolute atomic E-state index is 0.0980. The van der Waals surface area contributed by atoms with Gasteiger partial charge in [-0.3, -0.25) is 9.69 Å². The molecule has 0 amide bonds. The summed E-state index contributed by atoms with van der Waals surface area (Å²) in [5.41, 5.74) is 2.10. The third kappa shape index (κ3) is 3.99. The normalized spacial score (nSPS) is 18.6. The zero-order valence-electron chi connectivity index (χ0n) is 13.6. The second-order valence-corrected chi connectivity index (χ2v) is 6.15. The summed E-state index contributed by atoms with van der Waals surface area (Å²) >= 11 is 0. The Morgan fingerprint density at radius 1 is 1.13 bits per heavy atom. The van der Waals surface area contributed by atoms with Crippen molar-refractivity contribution in [3.63, 3.8) is 0 Å². The summed E-state index contributed by atoms with van der Waals surface area (Å²) in [7, 11) is 1.64. The van der Waals surface area contributed by atoms with Crippen molar-refractivity contribution in [3.8, 4) is 5.75 Å². The molecule has 3 nitrogen and oxygen atoms in total. The zero-order chi connectivity index (χ0) is 16.1. The molecule has 1 atom stereocenters. The summed E-state index contributed by atoms with van der Waals surface area (Å²) in [4.78, 5) is 15.1. The number of likely N-dealkylation sites (tertiary alicyclic amines) is 1. The average Bonchev–Trinajstić information content (AvgIpc) is 2.62. The van der Waals surface area contributed by atoms with Gasteiger partial charge in [0.15, 0.2) is 5.78 Å². The smallest absolute Gasteiger partial charge is 0.167 e. The number of carbonyl (C=O) groups excluding carboxylic acids is 1. The van der Waals surface area contributed by atoms with Crippen LogP contribution in [0.5, 0.6) is 5.75 Å². The highest BCUT2D eigenvalue weighted by Crippen LogP contribution is 2.23. The molecule has 120 valence electrons. The average molecular weight is 309 g/mol. The van der Waals surface area contributed by atoms with Crippen LogP contribution in [0.3, 0.4) is 0 Å².